The number of rotatable bonds is 7. The van der Waals surface area contributed by atoms with Gasteiger partial charge in [0.15, 0.2) is 0 Å². The first-order valence-corrected chi connectivity index (χ1v) is 9.88. The van der Waals surface area contributed by atoms with E-state index in [0.29, 0.717) is 12.5 Å². The molecule has 3 aromatic rings. The average molecular weight is 373 g/mol. The minimum atomic E-state index is -0.169. The van der Waals surface area contributed by atoms with E-state index in [1.54, 1.807) is 0 Å². The normalized spacial score (nSPS) is 10.9. The SMILES string of the molecule is CC(C)c1ccc(NC(=O)NCCC(c2ccccc2)c2ccccc2)cc1. The van der Waals surface area contributed by atoms with E-state index in [9.17, 15) is 4.79 Å². The fraction of sp³-hybridized carbons (Fsp3) is 0.240. The largest absolute Gasteiger partial charge is 0.338 e. The third-order valence-corrected chi connectivity index (χ3v) is 4.96. The molecular formula is C25H28N2O. The van der Waals surface area contributed by atoms with Gasteiger partial charge in [-0.05, 0) is 41.2 Å². The monoisotopic (exact) mass is 372 g/mol. The van der Waals surface area contributed by atoms with Crippen LogP contribution in [0.15, 0.2) is 84.9 Å². The van der Waals surface area contributed by atoms with Crippen LogP contribution in [0.1, 0.15) is 48.8 Å². The van der Waals surface area contributed by atoms with Crippen molar-refractivity contribution in [3.05, 3.63) is 102 Å². The lowest BCUT2D eigenvalue weighted by Gasteiger charge is -2.18. The number of anilines is 1. The lowest BCUT2D eigenvalue weighted by atomic mass is 9.88. The molecular weight excluding hydrogens is 344 g/mol. The summed E-state index contributed by atoms with van der Waals surface area (Å²) in [5.41, 5.74) is 4.60. The van der Waals surface area contributed by atoms with E-state index in [-0.39, 0.29) is 11.9 Å². The molecule has 144 valence electrons. The topological polar surface area (TPSA) is 41.1 Å². The molecule has 0 saturated carbocycles. The molecule has 3 aromatic carbocycles. The van der Waals surface area contributed by atoms with Crippen LogP contribution in [-0.4, -0.2) is 12.6 Å². The first kappa shape index (κ1) is 19.7. The zero-order valence-corrected chi connectivity index (χ0v) is 16.6. The highest BCUT2D eigenvalue weighted by molar-refractivity contribution is 5.89. The van der Waals surface area contributed by atoms with Crippen molar-refractivity contribution in [2.45, 2.75) is 32.1 Å². The van der Waals surface area contributed by atoms with Crippen LogP contribution in [0.4, 0.5) is 10.5 Å². The maximum Gasteiger partial charge on any atom is 0.319 e. The van der Waals surface area contributed by atoms with E-state index in [1.165, 1.54) is 16.7 Å². The molecule has 0 fully saturated rings. The van der Waals surface area contributed by atoms with Crippen LogP contribution in [0, 0.1) is 0 Å². The van der Waals surface area contributed by atoms with E-state index < -0.39 is 0 Å². The summed E-state index contributed by atoms with van der Waals surface area (Å²) in [7, 11) is 0. The Morgan fingerprint density at radius 1 is 0.750 bits per heavy atom. The number of carbonyl (C=O) groups is 1. The van der Waals surface area contributed by atoms with Crippen molar-refractivity contribution in [1.29, 1.82) is 0 Å². The highest BCUT2D eigenvalue weighted by Crippen LogP contribution is 2.27. The van der Waals surface area contributed by atoms with Crippen molar-refractivity contribution in [2.75, 3.05) is 11.9 Å². The van der Waals surface area contributed by atoms with Crippen molar-refractivity contribution in [3.63, 3.8) is 0 Å². The van der Waals surface area contributed by atoms with Crippen molar-refractivity contribution >= 4 is 11.7 Å². The summed E-state index contributed by atoms with van der Waals surface area (Å²) in [5, 5.41) is 5.90. The van der Waals surface area contributed by atoms with Gasteiger partial charge < -0.3 is 10.6 Å². The Hall–Kier alpha value is -3.07. The highest BCUT2D eigenvalue weighted by atomic mass is 16.2. The van der Waals surface area contributed by atoms with Crippen LogP contribution in [0.3, 0.4) is 0 Å². The van der Waals surface area contributed by atoms with Crippen molar-refractivity contribution in [2.24, 2.45) is 0 Å². The van der Waals surface area contributed by atoms with Gasteiger partial charge in [0.2, 0.25) is 0 Å². The zero-order valence-electron chi connectivity index (χ0n) is 16.6. The van der Waals surface area contributed by atoms with E-state index in [4.69, 9.17) is 0 Å². The number of urea groups is 1. The van der Waals surface area contributed by atoms with Gasteiger partial charge in [-0.2, -0.15) is 0 Å². The lowest BCUT2D eigenvalue weighted by Crippen LogP contribution is -2.30. The highest BCUT2D eigenvalue weighted by Gasteiger charge is 2.14. The summed E-state index contributed by atoms with van der Waals surface area (Å²) in [6, 6.07) is 28.7. The molecule has 0 aliphatic rings. The van der Waals surface area contributed by atoms with Gasteiger partial charge in [-0.25, -0.2) is 4.79 Å². The lowest BCUT2D eigenvalue weighted by molar-refractivity contribution is 0.252. The Morgan fingerprint density at radius 3 is 1.79 bits per heavy atom. The molecule has 3 rings (SSSR count). The fourth-order valence-corrected chi connectivity index (χ4v) is 3.35. The predicted molar refractivity (Wildman–Crippen MR) is 117 cm³/mol. The van der Waals surface area contributed by atoms with Gasteiger partial charge in [0.25, 0.3) is 0 Å². The Kier molecular flexibility index (Phi) is 6.85. The first-order chi connectivity index (χ1) is 13.6. The molecule has 28 heavy (non-hydrogen) atoms. The Balaban J connectivity index is 1.57. The van der Waals surface area contributed by atoms with Crippen LogP contribution >= 0.6 is 0 Å². The molecule has 0 atom stereocenters. The molecule has 0 aromatic heterocycles. The maximum atomic E-state index is 12.3. The molecule has 0 spiro atoms. The molecule has 0 bridgehead atoms. The van der Waals surface area contributed by atoms with Crippen LogP contribution in [0.25, 0.3) is 0 Å². The second-order valence-electron chi connectivity index (χ2n) is 7.32. The summed E-state index contributed by atoms with van der Waals surface area (Å²) < 4.78 is 0. The number of carbonyl (C=O) groups excluding carboxylic acids is 1. The Bertz CT molecular complexity index is 819. The standard InChI is InChI=1S/C25H28N2O/c1-19(2)20-13-15-23(16-14-20)27-25(28)26-18-17-24(21-9-5-3-6-10-21)22-11-7-4-8-12-22/h3-16,19,24H,17-18H2,1-2H3,(H2,26,27,28). The van der Waals surface area contributed by atoms with E-state index >= 15 is 0 Å². The van der Waals surface area contributed by atoms with Gasteiger partial charge in [-0.1, -0.05) is 86.6 Å². The number of nitrogens with one attached hydrogen (secondary N) is 2. The summed E-state index contributed by atoms with van der Waals surface area (Å²) in [5.74, 6) is 0.740. The van der Waals surface area contributed by atoms with Gasteiger partial charge in [-0.3, -0.25) is 0 Å². The fourth-order valence-electron chi connectivity index (χ4n) is 3.35. The molecule has 0 heterocycles. The molecule has 0 aliphatic carbocycles. The Labute approximate surface area is 167 Å². The number of hydrogen-bond acceptors (Lipinski definition) is 1. The number of hydrogen-bond donors (Lipinski definition) is 2. The molecule has 3 heteroatoms. The second-order valence-corrected chi connectivity index (χ2v) is 7.32. The van der Waals surface area contributed by atoms with Gasteiger partial charge in [0.1, 0.15) is 0 Å². The third kappa shape index (κ3) is 5.46. The van der Waals surface area contributed by atoms with Gasteiger partial charge >= 0.3 is 6.03 Å². The minimum Gasteiger partial charge on any atom is -0.338 e. The number of amides is 2. The summed E-state index contributed by atoms with van der Waals surface area (Å²) in [4.78, 5) is 12.3. The van der Waals surface area contributed by atoms with Crippen LogP contribution in [0.2, 0.25) is 0 Å². The van der Waals surface area contributed by atoms with Crippen molar-refractivity contribution in [3.8, 4) is 0 Å². The third-order valence-electron chi connectivity index (χ3n) is 4.96. The first-order valence-electron chi connectivity index (χ1n) is 9.88. The molecule has 3 nitrogen and oxygen atoms in total. The van der Waals surface area contributed by atoms with Crippen molar-refractivity contribution < 1.29 is 4.79 Å². The second kappa shape index (κ2) is 9.75. The van der Waals surface area contributed by atoms with Crippen LogP contribution < -0.4 is 10.6 Å². The number of benzene rings is 3. The van der Waals surface area contributed by atoms with Gasteiger partial charge in [0, 0.05) is 18.2 Å². The molecule has 0 radical (unpaired) electrons. The molecule has 2 N–H and O–H groups in total. The summed E-state index contributed by atoms with van der Waals surface area (Å²) in [6.45, 7) is 4.92. The molecule has 2 amide bonds. The quantitative estimate of drug-likeness (QED) is 0.513. The maximum absolute atomic E-state index is 12.3. The van der Waals surface area contributed by atoms with E-state index in [2.05, 4.69) is 85.1 Å². The zero-order chi connectivity index (χ0) is 19.8. The van der Waals surface area contributed by atoms with E-state index in [1.807, 2.05) is 24.3 Å². The average Bonchev–Trinajstić information content (AvgIpc) is 2.73. The molecule has 0 aliphatic heterocycles. The van der Waals surface area contributed by atoms with Crippen LogP contribution in [0.5, 0.6) is 0 Å². The Morgan fingerprint density at radius 2 is 1.29 bits per heavy atom. The summed E-state index contributed by atoms with van der Waals surface area (Å²) in [6.07, 6.45) is 0.841. The van der Waals surface area contributed by atoms with Gasteiger partial charge in [-0.15, -0.1) is 0 Å². The smallest absolute Gasteiger partial charge is 0.319 e. The van der Waals surface area contributed by atoms with Crippen molar-refractivity contribution in [1.82, 2.24) is 5.32 Å². The van der Waals surface area contributed by atoms with Crippen LogP contribution in [-0.2, 0) is 0 Å². The van der Waals surface area contributed by atoms with E-state index in [0.717, 1.165) is 12.1 Å². The minimum absolute atomic E-state index is 0.169. The predicted octanol–water partition coefficient (Wildman–Crippen LogP) is 6.15. The summed E-state index contributed by atoms with van der Waals surface area (Å²) >= 11 is 0. The molecule has 0 saturated heterocycles. The molecule has 0 unspecified atom stereocenters. The van der Waals surface area contributed by atoms with Gasteiger partial charge in [0.05, 0.1) is 0 Å².